The maximum Gasteiger partial charge on any atom is 0.0336 e. The van der Waals surface area contributed by atoms with Crippen molar-refractivity contribution in [3.05, 3.63) is 6.92 Å². The molecule has 0 rings (SSSR count). The van der Waals surface area contributed by atoms with Crippen molar-refractivity contribution in [2.24, 2.45) is 0 Å². The first-order valence-corrected chi connectivity index (χ1v) is 3.68. The van der Waals surface area contributed by atoms with E-state index in [4.69, 9.17) is 11.6 Å². The van der Waals surface area contributed by atoms with Crippen LogP contribution in [0.4, 0.5) is 0 Å². The van der Waals surface area contributed by atoms with E-state index in [-0.39, 0.29) is 5.38 Å². The van der Waals surface area contributed by atoms with Crippen LogP contribution in [0.2, 0.25) is 0 Å². The summed E-state index contributed by atoms with van der Waals surface area (Å²) < 4.78 is 0. The topological polar surface area (TPSA) is 0 Å². The van der Waals surface area contributed by atoms with Gasteiger partial charge in [0.2, 0.25) is 0 Å². The van der Waals surface area contributed by atoms with Gasteiger partial charge in [-0.3, -0.25) is 0 Å². The molecule has 0 nitrogen and oxygen atoms in total. The molecule has 0 aliphatic heterocycles. The van der Waals surface area contributed by atoms with Gasteiger partial charge in [-0.05, 0) is 13.3 Å². The first-order valence-electron chi connectivity index (χ1n) is 3.24. The molecule has 0 aromatic rings. The molecule has 0 heterocycles. The fourth-order valence-corrected chi connectivity index (χ4v) is 0.770. The van der Waals surface area contributed by atoms with Crippen molar-refractivity contribution < 1.29 is 0 Å². The Balaban J connectivity index is 2.72. The van der Waals surface area contributed by atoms with Crippen LogP contribution in [0.5, 0.6) is 0 Å². The third-order valence-corrected chi connectivity index (χ3v) is 1.34. The van der Waals surface area contributed by atoms with Gasteiger partial charge in [-0.15, -0.1) is 11.6 Å². The van der Waals surface area contributed by atoms with Gasteiger partial charge < -0.3 is 0 Å². The Hall–Kier alpha value is 0.290. The second kappa shape index (κ2) is 5.43. The quantitative estimate of drug-likeness (QED) is 0.409. The van der Waals surface area contributed by atoms with Gasteiger partial charge >= 0.3 is 0 Å². The molecule has 0 aliphatic rings. The number of alkyl halides is 1. The van der Waals surface area contributed by atoms with Crippen LogP contribution >= 0.6 is 11.6 Å². The van der Waals surface area contributed by atoms with Crippen LogP contribution in [0.1, 0.15) is 32.6 Å². The molecule has 0 fully saturated rings. The summed E-state index contributed by atoms with van der Waals surface area (Å²) in [7, 11) is 0. The Labute approximate surface area is 57.2 Å². The largest absolute Gasteiger partial charge is 0.123 e. The summed E-state index contributed by atoms with van der Waals surface area (Å²) in [5, 5.41) is 0.126. The van der Waals surface area contributed by atoms with Crippen LogP contribution in [0, 0.1) is 6.92 Å². The molecule has 1 radical (unpaired) electrons. The van der Waals surface area contributed by atoms with E-state index in [1.54, 1.807) is 0 Å². The van der Waals surface area contributed by atoms with Crippen molar-refractivity contribution in [2.75, 3.05) is 0 Å². The second-order valence-electron chi connectivity index (χ2n) is 2.09. The molecular weight excluding hydrogens is 120 g/mol. The van der Waals surface area contributed by atoms with Gasteiger partial charge in [-0.1, -0.05) is 26.2 Å². The Kier molecular flexibility index (Phi) is 5.62. The summed E-state index contributed by atoms with van der Waals surface area (Å²) >= 11 is 5.60. The van der Waals surface area contributed by atoms with Crippen molar-refractivity contribution in [3.8, 4) is 0 Å². The zero-order valence-electron chi connectivity index (χ0n) is 5.49. The van der Waals surface area contributed by atoms with Crippen molar-refractivity contribution in [3.63, 3.8) is 0 Å². The number of halogens is 1. The highest BCUT2D eigenvalue weighted by atomic mass is 35.5. The molecule has 0 aromatic heterocycles. The van der Waals surface area contributed by atoms with Gasteiger partial charge in [0, 0.05) is 5.38 Å². The van der Waals surface area contributed by atoms with Crippen LogP contribution in [0.15, 0.2) is 0 Å². The summed E-state index contributed by atoms with van der Waals surface area (Å²) in [6, 6.07) is 0. The predicted octanol–water partition coefficient (Wildman–Crippen LogP) is 3.01. The van der Waals surface area contributed by atoms with Gasteiger partial charge in [0.15, 0.2) is 0 Å². The van der Waals surface area contributed by atoms with Crippen molar-refractivity contribution >= 4 is 11.6 Å². The molecule has 49 valence electrons. The van der Waals surface area contributed by atoms with Gasteiger partial charge in [0.05, 0.1) is 0 Å². The van der Waals surface area contributed by atoms with E-state index < -0.39 is 0 Å². The Bertz CT molecular complexity index is 41.7. The molecule has 0 bridgehead atoms. The normalized spacial score (nSPS) is 13.9. The molecule has 0 aliphatic carbocycles. The van der Waals surface area contributed by atoms with E-state index in [0.717, 1.165) is 6.42 Å². The minimum absolute atomic E-state index is 0.126. The van der Waals surface area contributed by atoms with Gasteiger partial charge in [0.1, 0.15) is 0 Å². The lowest BCUT2D eigenvalue weighted by Crippen LogP contribution is -1.89. The third-order valence-electron chi connectivity index (χ3n) is 1.12. The molecule has 0 aromatic carbocycles. The number of unbranched alkanes of at least 4 members (excludes halogenated alkanes) is 2. The maximum atomic E-state index is 5.60. The van der Waals surface area contributed by atoms with Crippen LogP contribution in [-0.2, 0) is 0 Å². The summed E-state index contributed by atoms with van der Waals surface area (Å²) in [5.41, 5.74) is 0. The molecule has 0 saturated heterocycles. The smallest absolute Gasteiger partial charge is 0.0336 e. The van der Waals surface area contributed by atoms with E-state index in [9.17, 15) is 0 Å². The van der Waals surface area contributed by atoms with Crippen molar-refractivity contribution in [1.82, 2.24) is 0 Å². The van der Waals surface area contributed by atoms with Gasteiger partial charge in [0.25, 0.3) is 0 Å². The molecule has 0 saturated carbocycles. The molecular formula is C7H14Cl. The Morgan fingerprint density at radius 1 is 1.50 bits per heavy atom. The van der Waals surface area contributed by atoms with Crippen LogP contribution in [0.3, 0.4) is 0 Å². The number of rotatable bonds is 4. The van der Waals surface area contributed by atoms with Gasteiger partial charge in [-0.25, -0.2) is 0 Å². The zero-order valence-corrected chi connectivity index (χ0v) is 6.25. The van der Waals surface area contributed by atoms with Crippen LogP contribution in [-0.4, -0.2) is 5.38 Å². The van der Waals surface area contributed by atoms with E-state index in [2.05, 4.69) is 13.8 Å². The summed E-state index contributed by atoms with van der Waals surface area (Å²) in [6.07, 6.45) is 4.85. The molecule has 0 N–H and O–H groups in total. The predicted molar refractivity (Wildman–Crippen MR) is 39.1 cm³/mol. The highest BCUT2D eigenvalue weighted by molar-refractivity contribution is 6.21. The monoisotopic (exact) mass is 133 g/mol. The van der Waals surface area contributed by atoms with E-state index in [1.165, 1.54) is 19.3 Å². The van der Waals surface area contributed by atoms with Crippen LogP contribution < -0.4 is 0 Å². The molecule has 8 heavy (non-hydrogen) atoms. The first kappa shape index (κ1) is 8.29. The second-order valence-corrected chi connectivity index (χ2v) is 2.71. The highest BCUT2D eigenvalue weighted by Crippen LogP contribution is 2.06. The highest BCUT2D eigenvalue weighted by Gasteiger charge is 1.93. The number of hydrogen-bond acceptors (Lipinski definition) is 0. The van der Waals surface area contributed by atoms with E-state index >= 15 is 0 Å². The molecule has 0 unspecified atom stereocenters. The van der Waals surface area contributed by atoms with Crippen molar-refractivity contribution in [1.29, 1.82) is 0 Å². The summed E-state index contributed by atoms with van der Waals surface area (Å²) in [5.74, 6) is 0. The standard InChI is InChI=1S/C7H14Cl/c1-3-4-5-6-7(2)8/h7H,2-6H2,1H3/t7-/m1/s1. The van der Waals surface area contributed by atoms with Crippen molar-refractivity contribution in [2.45, 2.75) is 38.0 Å². The van der Waals surface area contributed by atoms with E-state index in [1.807, 2.05) is 0 Å². The minimum atomic E-state index is 0.126. The maximum absolute atomic E-state index is 5.60. The Morgan fingerprint density at radius 3 is 2.50 bits per heavy atom. The molecule has 1 heteroatoms. The molecule has 0 spiro atoms. The average molecular weight is 134 g/mol. The van der Waals surface area contributed by atoms with Crippen LogP contribution in [0.25, 0.3) is 0 Å². The fraction of sp³-hybridized carbons (Fsp3) is 0.857. The lowest BCUT2D eigenvalue weighted by Gasteiger charge is -1.98. The third kappa shape index (κ3) is 6.29. The lowest BCUT2D eigenvalue weighted by molar-refractivity contribution is 0.677. The SMILES string of the molecule is [CH2][C@@H](Cl)CCCCC. The zero-order chi connectivity index (χ0) is 6.41. The van der Waals surface area contributed by atoms with Gasteiger partial charge in [-0.2, -0.15) is 0 Å². The molecule has 0 amide bonds. The Morgan fingerprint density at radius 2 is 2.12 bits per heavy atom. The summed E-state index contributed by atoms with van der Waals surface area (Å²) in [4.78, 5) is 0. The fourth-order valence-electron chi connectivity index (χ4n) is 0.616. The molecule has 1 atom stereocenters. The first-order chi connectivity index (χ1) is 3.77. The van der Waals surface area contributed by atoms with E-state index in [0.29, 0.717) is 0 Å². The lowest BCUT2D eigenvalue weighted by atomic mass is 10.2. The number of hydrogen-bond donors (Lipinski definition) is 0. The average Bonchev–Trinajstić information content (AvgIpc) is 1.66. The minimum Gasteiger partial charge on any atom is -0.123 e. The summed E-state index contributed by atoms with van der Waals surface area (Å²) in [6.45, 7) is 5.86.